The molecule has 19 heavy (non-hydrogen) atoms. The molecule has 1 atom stereocenters. The first-order chi connectivity index (χ1) is 8.99. The van der Waals surface area contributed by atoms with Crippen LogP contribution in [0.5, 0.6) is 11.5 Å². The van der Waals surface area contributed by atoms with Crippen molar-refractivity contribution in [3.8, 4) is 11.5 Å². The Labute approximate surface area is 114 Å². The zero-order chi connectivity index (χ0) is 14.0. The maximum Gasteiger partial charge on any atom is 0.133 e. The summed E-state index contributed by atoms with van der Waals surface area (Å²) in [6.45, 7) is 7.93. The fourth-order valence-corrected chi connectivity index (χ4v) is 2.14. The van der Waals surface area contributed by atoms with Gasteiger partial charge in [0, 0.05) is 5.56 Å². The van der Waals surface area contributed by atoms with Crippen LogP contribution < -0.4 is 4.74 Å². The smallest absolute Gasteiger partial charge is 0.133 e. The first kappa shape index (κ1) is 13.6. The van der Waals surface area contributed by atoms with E-state index in [9.17, 15) is 5.11 Å². The molecule has 0 spiro atoms. The number of hydrogen-bond acceptors (Lipinski definition) is 2. The zero-order valence-corrected chi connectivity index (χ0v) is 11.9. The first-order valence-electron chi connectivity index (χ1n) is 6.51. The molecule has 0 bridgehead atoms. The quantitative estimate of drug-likeness (QED) is 0.878. The molecular weight excluding hydrogens is 236 g/mol. The maximum atomic E-state index is 9.78. The third-order valence-corrected chi connectivity index (χ3v) is 3.35. The molecule has 0 unspecified atom stereocenters. The van der Waals surface area contributed by atoms with Crippen molar-refractivity contribution in [2.24, 2.45) is 0 Å². The Morgan fingerprint density at radius 1 is 1.00 bits per heavy atom. The van der Waals surface area contributed by atoms with Gasteiger partial charge in [0.2, 0.25) is 0 Å². The van der Waals surface area contributed by atoms with Crippen LogP contribution >= 0.6 is 0 Å². The number of aliphatic hydroxyl groups excluding tert-OH is 1. The minimum atomic E-state index is -0.539. The highest BCUT2D eigenvalue weighted by atomic mass is 16.5. The second kappa shape index (κ2) is 5.45. The number of hydrogen-bond donors (Lipinski definition) is 1. The summed E-state index contributed by atoms with van der Waals surface area (Å²) in [6, 6.07) is 11.8. The monoisotopic (exact) mass is 256 g/mol. The van der Waals surface area contributed by atoms with Crippen LogP contribution in [0.4, 0.5) is 0 Å². The number of aliphatic hydroxyl groups is 1. The Morgan fingerprint density at radius 3 is 2.37 bits per heavy atom. The lowest BCUT2D eigenvalue weighted by Crippen LogP contribution is -1.97. The largest absolute Gasteiger partial charge is 0.457 e. The van der Waals surface area contributed by atoms with Gasteiger partial charge in [-0.05, 0) is 56.5 Å². The Balaban J connectivity index is 2.42. The van der Waals surface area contributed by atoms with Gasteiger partial charge in [0.15, 0.2) is 0 Å². The van der Waals surface area contributed by atoms with Crippen LogP contribution in [0.1, 0.15) is 35.3 Å². The second-order valence-electron chi connectivity index (χ2n) is 5.02. The van der Waals surface area contributed by atoms with Gasteiger partial charge in [-0.25, -0.2) is 0 Å². The van der Waals surface area contributed by atoms with Crippen molar-refractivity contribution < 1.29 is 9.84 Å². The zero-order valence-electron chi connectivity index (χ0n) is 11.9. The highest BCUT2D eigenvalue weighted by molar-refractivity contribution is 5.46. The fourth-order valence-electron chi connectivity index (χ4n) is 2.14. The first-order valence-corrected chi connectivity index (χ1v) is 6.51. The van der Waals surface area contributed by atoms with E-state index < -0.39 is 6.10 Å². The summed E-state index contributed by atoms with van der Waals surface area (Å²) in [4.78, 5) is 0. The van der Waals surface area contributed by atoms with Crippen molar-refractivity contribution in [1.29, 1.82) is 0 Å². The summed E-state index contributed by atoms with van der Waals surface area (Å²) < 4.78 is 6.00. The average molecular weight is 256 g/mol. The summed E-state index contributed by atoms with van der Waals surface area (Å²) >= 11 is 0. The standard InChI is InChI=1S/C17H20O2/c1-11-9-12(2)13(3)17(10-11)19-16-8-6-5-7-15(16)14(4)18/h5-10,14,18H,1-4H3/t14-/m1/s1. The van der Waals surface area contributed by atoms with Crippen molar-refractivity contribution in [3.05, 3.63) is 58.7 Å². The summed E-state index contributed by atoms with van der Waals surface area (Å²) in [5, 5.41) is 9.78. The fraction of sp³-hybridized carbons (Fsp3) is 0.294. The number of para-hydroxylation sites is 1. The second-order valence-corrected chi connectivity index (χ2v) is 5.02. The van der Waals surface area contributed by atoms with Gasteiger partial charge in [-0.3, -0.25) is 0 Å². The van der Waals surface area contributed by atoms with Crippen LogP contribution in [0.15, 0.2) is 36.4 Å². The van der Waals surface area contributed by atoms with Crippen LogP contribution in [-0.4, -0.2) is 5.11 Å². The van der Waals surface area contributed by atoms with Crippen molar-refractivity contribution in [3.63, 3.8) is 0 Å². The minimum Gasteiger partial charge on any atom is -0.457 e. The molecule has 0 saturated heterocycles. The molecular formula is C17H20O2. The maximum absolute atomic E-state index is 9.78. The Bertz CT molecular complexity index is 586. The lowest BCUT2D eigenvalue weighted by molar-refractivity contribution is 0.195. The molecule has 2 aromatic rings. The third kappa shape index (κ3) is 2.96. The molecule has 2 rings (SSSR count). The summed E-state index contributed by atoms with van der Waals surface area (Å²) in [5.74, 6) is 1.57. The summed E-state index contributed by atoms with van der Waals surface area (Å²) in [7, 11) is 0. The van der Waals surface area contributed by atoms with Gasteiger partial charge in [-0.2, -0.15) is 0 Å². The SMILES string of the molecule is Cc1cc(C)c(C)c(Oc2ccccc2[C@@H](C)O)c1. The minimum absolute atomic E-state index is 0.539. The van der Waals surface area contributed by atoms with E-state index >= 15 is 0 Å². The van der Waals surface area contributed by atoms with Crippen LogP contribution in [0.3, 0.4) is 0 Å². The van der Waals surface area contributed by atoms with Crippen molar-refractivity contribution in [1.82, 2.24) is 0 Å². The molecule has 0 radical (unpaired) electrons. The van der Waals surface area contributed by atoms with Crippen LogP contribution in [0, 0.1) is 20.8 Å². The van der Waals surface area contributed by atoms with E-state index in [1.165, 1.54) is 11.1 Å². The Morgan fingerprint density at radius 2 is 1.68 bits per heavy atom. The van der Waals surface area contributed by atoms with Crippen LogP contribution in [0.25, 0.3) is 0 Å². The molecule has 2 nitrogen and oxygen atoms in total. The highest BCUT2D eigenvalue weighted by Gasteiger charge is 2.11. The number of aryl methyl sites for hydroxylation is 2. The Kier molecular flexibility index (Phi) is 3.91. The predicted octanol–water partition coefficient (Wildman–Crippen LogP) is 4.46. The van der Waals surface area contributed by atoms with Crippen molar-refractivity contribution in [2.75, 3.05) is 0 Å². The highest BCUT2D eigenvalue weighted by Crippen LogP contribution is 2.32. The molecule has 0 aliphatic heterocycles. The lowest BCUT2D eigenvalue weighted by Gasteiger charge is -2.16. The number of ether oxygens (including phenoxy) is 1. The van der Waals surface area contributed by atoms with E-state index in [-0.39, 0.29) is 0 Å². The summed E-state index contributed by atoms with van der Waals surface area (Å²) in [6.07, 6.45) is -0.539. The molecule has 2 heteroatoms. The van der Waals surface area contributed by atoms with Crippen LogP contribution in [-0.2, 0) is 0 Å². The molecule has 2 aromatic carbocycles. The third-order valence-electron chi connectivity index (χ3n) is 3.35. The van der Waals surface area contributed by atoms with Crippen molar-refractivity contribution in [2.45, 2.75) is 33.8 Å². The van der Waals surface area contributed by atoms with Crippen LogP contribution in [0.2, 0.25) is 0 Å². The van der Waals surface area contributed by atoms with Gasteiger partial charge in [0.05, 0.1) is 6.10 Å². The predicted molar refractivity (Wildman–Crippen MR) is 77.8 cm³/mol. The molecule has 0 fully saturated rings. The van der Waals surface area contributed by atoms with Gasteiger partial charge in [0.25, 0.3) is 0 Å². The molecule has 100 valence electrons. The molecule has 0 heterocycles. The molecule has 0 saturated carbocycles. The lowest BCUT2D eigenvalue weighted by atomic mass is 10.1. The molecule has 1 N–H and O–H groups in total. The van der Waals surface area contributed by atoms with E-state index in [2.05, 4.69) is 26.8 Å². The number of benzene rings is 2. The van der Waals surface area contributed by atoms with E-state index in [0.29, 0.717) is 5.75 Å². The average Bonchev–Trinajstić information content (AvgIpc) is 2.35. The van der Waals surface area contributed by atoms with Gasteiger partial charge in [-0.1, -0.05) is 24.3 Å². The molecule has 0 aliphatic rings. The van der Waals surface area contributed by atoms with E-state index in [0.717, 1.165) is 16.9 Å². The molecule has 0 aliphatic carbocycles. The Hall–Kier alpha value is -1.80. The van der Waals surface area contributed by atoms with Gasteiger partial charge in [-0.15, -0.1) is 0 Å². The van der Waals surface area contributed by atoms with E-state index in [1.807, 2.05) is 30.3 Å². The molecule has 0 amide bonds. The number of rotatable bonds is 3. The van der Waals surface area contributed by atoms with E-state index in [1.54, 1.807) is 6.92 Å². The topological polar surface area (TPSA) is 29.5 Å². The normalized spacial score (nSPS) is 12.3. The summed E-state index contributed by atoms with van der Waals surface area (Å²) in [5.41, 5.74) is 4.32. The van der Waals surface area contributed by atoms with Gasteiger partial charge < -0.3 is 9.84 Å². The van der Waals surface area contributed by atoms with Gasteiger partial charge >= 0.3 is 0 Å². The van der Waals surface area contributed by atoms with Gasteiger partial charge in [0.1, 0.15) is 11.5 Å². The van der Waals surface area contributed by atoms with Crippen molar-refractivity contribution >= 4 is 0 Å². The molecule has 0 aromatic heterocycles. The van der Waals surface area contributed by atoms with E-state index in [4.69, 9.17) is 4.74 Å².